The Morgan fingerprint density at radius 3 is 2.50 bits per heavy atom. The number of nitrogens with one attached hydrogen (secondary N) is 1. The van der Waals surface area contributed by atoms with Crippen molar-refractivity contribution in [2.24, 2.45) is 7.05 Å². The second-order valence-electron chi connectivity index (χ2n) is 7.53. The number of carboxylic acids is 1. The molecule has 0 aliphatic rings. The number of anilines is 1. The summed E-state index contributed by atoms with van der Waals surface area (Å²) >= 11 is 0. The summed E-state index contributed by atoms with van der Waals surface area (Å²) in [6.45, 7) is 5.14. The summed E-state index contributed by atoms with van der Waals surface area (Å²) in [4.78, 5) is 23.9. The Morgan fingerprint density at radius 2 is 1.83 bits per heavy atom. The van der Waals surface area contributed by atoms with Crippen LogP contribution >= 0.6 is 0 Å². The molecule has 0 aliphatic heterocycles. The number of nitrogens with zero attached hydrogens (tertiary/aromatic N) is 1. The van der Waals surface area contributed by atoms with Crippen molar-refractivity contribution in [2.75, 3.05) is 11.9 Å². The first-order valence-corrected chi connectivity index (χ1v) is 10.7. The predicted octanol–water partition coefficient (Wildman–Crippen LogP) is 0.887. The zero-order valence-corrected chi connectivity index (χ0v) is 20.9. The van der Waals surface area contributed by atoms with Crippen LogP contribution in [0, 0.1) is 0 Å². The van der Waals surface area contributed by atoms with E-state index >= 15 is 0 Å². The van der Waals surface area contributed by atoms with Gasteiger partial charge in [0.05, 0.1) is 0 Å². The average molecular weight is 421 g/mol. The quantitative estimate of drug-likeness (QED) is 0.297. The standard InChI is InChI=1S/C24H34N2O3.Na/c1-4-6-7-8-15-25-19-12-9-11-18(16-19)24(29)21-17-20(13-10-14-23(27)28)26(3)22(21)5-2;/h9,11-12,16-17,25H,4-8,10,13-15H2,1-3H3,(H,27,28);/q;+1/p-1. The molecule has 30 heavy (non-hydrogen) atoms. The molecule has 0 saturated carbocycles. The van der Waals surface area contributed by atoms with Crippen molar-refractivity contribution in [1.29, 1.82) is 0 Å². The summed E-state index contributed by atoms with van der Waals surface area (Å²) < 4.78 is 2.03. The molecule has 158 valence electrons. The van der Waals surface area contributed by atoms with E-state index in [1.165, 1.54) is 19.3 Å². The van der Waals surface area contributed by atoms with Crippen molar-refractivity contribution >= 4 is 17.4 Å². The Kier molecular flexibility index (Phi) is 12.1. The number of ketones is 1. The summed E-state index contributed by atoms with van der Waals surface area (Å²) in [5.41, 5.74) is 4.31. The second kappa shape index (κ2) is 13.7. The molecule has 0 fully saturated rings. The van der Waals surface area contributed by atoms with Crippen LogP contribution in [0.2, 0.25) is 0 Å². The molecule has 0 atom stereocenters. The number of unbranched alkanes of at least 4 members (excludes halogenated alkanes) is 3. The van der Waals surface area contributed by atoms with Crippen molar-refractivity contribution in [3.63, 3.8) is 0 Å². The Hall–Kier alpha value is -1.56. The van der Waals surface area contributed by atoms with Crippen LogP contribution in [0.1, 0.15) is 79.7 Å². The average Bonchev–Trinajstić information content (AvgIpc) is 3.02. The third-order valence-electron chi connectivity index (χ3n) is 5.34. The number of carbonyl (C=O) groups excluding carboxylic acids is 2. The molecule has 1 N–H and O–H groups in total. The molecule has 5 nitrogen and oxygen atoms in total. The molecule has 0 amide bonds. The summed E-state index contributed by atoms with van der Waals surface area (Å²) in [6.07, 6.45) is 6.70. The fraction of sp³-hybridized carbons (Fsp3) is 0.500. The monoisotopic (exact) mass is 420 g/mol. The smallest absolute Gasteiger partial charge is 0.550 e. The van der Waals surface area contributed by atoms with Gasteiger partial charge in [-0.15, -0.1) is 0 Å². The molecule has 0 aliphatic carbocycles. The minimum Gasteiger partial charge on any atom is -0.550 e. The number of aromatic nitrogens is 1. The third-order valence-corrected chi connectivity index (χ3v) is 5.34. The van der Waals surface area contributed by atoms with Gasteiger partial charge in [-0.1, -0.05) is 45.2 Å². The first kappa shape index (κ1) is 26.5. The number of carbonyl (C=O) groups is 2. The number of aryl methyl sites for hydroxylation is 1. The zero-order valence-electron chi connectivity index (χ0n) is 18.9. The number of hydrogen-bond acceptors (Lipinski definition) is 4. The minimum atomic E-state index is -1.04. The van der Waals surface area contributed by atoms with Crippen LogP contribution in [0.3, 0.4) is 0 Å². The molecule has 0 bridgehead atoms. The normalized spacial score (nSPS) is 10.5. The van der Waals surface area contributed by atoms with Gasteiger partial charge in [0.1, 0.15) is 0 Å². The first-order valence-electron chi connectivity index (χ1n) is 10.7. The Bertz CT molecular complexity index is 830. The van der Waals surface area contributed by atoms with Gasteiger partial charge in [-0.3, -0.25) is 4.79 Å². The summed E-state index contributed by atoms with van der Waals surface area (Å²) in [7, 11) is 1.94. The van der Waals surface area contributed by atoms with E-state index < -0.39 is 5.97 Å². The third kappa shape index (κ3) is 7.60. The molecule has 2 rings (SSSR count). The maximum absolute atomic E-state index is 13.2. The molecule has 0 spiro atoms. The molecular formula is C24H33N2NaO3. The van der Waals surface area contributed by atoms with Crippen LogP contribution in [0.4, 0.5) is 5.69 Å². The van der Waals surface area contributed by atoms with E-state index in [0.29, 0.717) is 24.0 Å². The maximum atomic E-state index is 13.2. The van der Waals surface area contributed by atoms with Gasteiger partial charge in [-0.2, -0.15) is 0 Å². The fourth-order valence-electron chi connectivity index (χ4n) is 3.69. The second-order valence-corrected chi connectivity index (χ2v) is 7.53. The van der Waals surface area contributed by atoms with Crippen molar-refractivity contribution < 1.29 is 44.3 Å². The van der Waals surface area contributed by atoms with E-state index in [2.05, 4.69) is 12.2 Å². The molecular weight excluding hydrogens is 387 g/mol. The van der Waals surface area contributed by atoms with E-state index in [4.69, 9.17) is 0 Å². The fourth-order valence-corrected chi connectivity index (χ4v) is 3.69. The molecule has 1 heterocycles. The van der Waals surface area contributed by atoms with Crippen LogP contribution in [0.15, 0.2) is 30.3 Å². The van der Waals surface area contributed by atoms with Crippen molar-refractivity contribution in [3.8, 4) is 0 Å². The van der Waals surface area contributed by atoms with E-state index in [0.717, 1.165) is 36.5 Å². The summed E-state index contributed by atoms with van der Waals surface area (Å²) in [6, 6.07) is 9.60. The maximum Gasteiger partial charge on any atom is 1.00 e. The summed E-state index contributed by atoms with van der Waals surface area (Å²) in [5.74, 6) is -1.02. The predicted molar refractivity (Wildman–Crippen MR) is 115 cm³/mol. The number of aliphatic carboxylic acids is 1. The van der Waals surface area contributed by atoms with Gasteiger partial charge in [0.15, 0.2) is 5.78 Å². The molecule has 1 aromatic carbocycles. The van der Waals surface area contributed by atoms with Gasteiger partial charge in [0, 0.05) is 47.8 Å². The Labute approximate surface area is 202 Å². The molecule has 0 unspecified atom stereocenters. The van der Waals surface area contributed by atoms with Gasteiger partial charge in [0.2, 0.25) is 0 Å². The Morgan fingerprint density at radius 1 is 1.07 bits per heavy atom. The summed E-state index contributed by atoms with van der Waals surface area (Å²) in [5, 5.41) is 14.1. The molecule has 0 saturated heterocycles. The van der Waals surface area contributed by atoms with E-state index in [1.807, 2.05) is 48.9 Å². The molecule has 1 aromatic heterocycles. The topological polar surface area (TPSA) is 74.2 Å². The van der Waals surface area contributed by atoms with Gasteiger partial charge in [0.25, 0.3) is 0 Å². The number of rotatable bonds is 13. The molecule has 6 heteroatoms. The van der Waals surface area contributed by atoms with Gasteiger partial charge < -0.3 is 19.8 Å². The minimum absolute atomic E-state index is 0. The van der Waals surface area contributed by atoms with Gasteiger partial charge in [-0.05, 0) is 50.3 Å². The molecule has 0 radical (unpaired) electrons. The van der Waals surface area contributed by atoms with Crippen molar-refractivity contribution in [3.05, 3.63) is 52.8 Å². The van der Waals surface area contributed by atoms with Crippen LogP contribution in [-0.2, 0) is 24.7 Å². The van der Waals surface area contributed by atoms with Gasteiger partial charge >= 0.3 is 29.6 Å². The van der Waals surface area contributed by atoms with Crippen LogP contribution < -0.4 is 40.0 Å². The zero-order chi connectivity index (χ0) is 21.2. The van der Waals surface area contributed by atoms with E-state index in [-0.39, 0.29) is 41.8 Å². The van der Waals surface area contributed by atoms with Crippen molar-refractivity contribution in [1.82, 2.24) is 4.57 Å². The number of carboxylic acid groups (broad SMARTS) is 1. The van der Waals surface area contributed by atoms with Gasteiger partial charge in [-0.25, -0.2) is 0 Å². The van der Waals surface area contributed by atoms with Crippen LogP contribution in [0.5, 0.6) is 0 Å². The Balaban J connectivity index is 0.00000450. The largest absolute Gasteiger partial charge is 1.00 e. The van der Waals surface area contributed by atoms with Crippen LogP contribution in [-0.4, -0.2) is 22.9 Å². The first-order chi connectivity index (χ1) is 14.0. The van der Waals surface area contributed by atoms with Crippen molar-refractivity contribution in [2.45, 2.75) is 65.2 Å². The molecule has 2 aromatic rings. The number of hydrogen-bond donors (Lipinski definition) is 1. The SMILES string of the molecule is CCCCCCNc1cccc(C(=O)c2cc(CCCC(=O)[O-])n(C)c2CC)c1.[Na+]. The van der Waals surface area contributed by atoms with E-state index in [1.54, 1.807) is 0 Å². The van der Waals surface area contributed by atoms with Crippen LogP contribution in [0.25, 0.3) is 0 Å². The number of benzene rings is 1. The van der Waals surface area contributed by atoms with E-state index in [9.17, 15) is 14.7 Å².